The molecule has 0 amide bonds. The maximum atomic E-state index is 12.0. The van der Waals surface area contributed by atoms with Crippen LogP contribution in [0.3, 0.4) is 0 Å². The molecule has 0 saturated carbocycles. The Morgan fingerprint density at radius 2 is 2.09 bits per heavy atom. The maximum Gasteiger partial charge on any atom is 0.340 e. The van der Waals surface area contributed by atoms with E-state index in [1.54, 1.807) is 18.2 Å². The lowest BCUT2D eigenvalue weighted by molar-refractivity contribution is 0.0603. The number of carbonyl (C=O) groups excluding carboxylic acids is 1. The minimum atomic E-state index is -3.43. The van der Waals surface area contributed by atoms with Gasteiger partial charge < -0.3 is 4.74 Å². The van der Waals surface area contributed by atoms with Crippen LogP contribution in [0.2, 0.25) is 5.15 Å². The zero-order valence-electron chi connectivity index (χ0n) is 11.6. The van der Waals surface area contributed by atoms with Gasteiger partial charge in [-0.25, -0.2) is 18.2 Å². The lowest BCUT2D eigenvalue weighted by Crippen LogP contribution is -2.03. The molecule has 5 nitrogen and oxygen atoms in total. The topological polar surface area (TPSA) is 73.3 Å². The number of thiophene rings is 1. The van der Waals surface area contributed by atoms with Crippen molar-refractivity contribution < 1.29 is 17.9 Å². The molecule has 0 N–H and O–H groups in total. The molecule has 3 aromatic rings. The summed E-state index contributed by atoms with van der Waals surface area (Å²) in [6, 6.07) is 4.94. The molecule has 0 fully saturated rings. The molecule has 0 unspecified atom stereocenters. The van der Waals surface area contributed by atoms with Crippen molar-refractivity contribution in [1.82, 2.24) is 4.98 Å². The van der Waals surface area contributed by atoms with Crippen molar-refractivity contribution in [1.29, 1.82) is 0 Å². The van der Waals surface area contributed by atoms with Crippen LogP contribution in [0.4, 0.5) is 0 Å². The summed E-state index contributed by atoms with van der Waals surface area (Å²) < 4.78 is 29.3. The van der Waals surface area contributed by atoms with Gasteiger partial charge in [-0.2, -0.15) is 0 Å². The second-order valence-corrected chi connectivity index (χ2v) is 7.89. The molecule has 0 radical (unpaired) electrons. The molecule has 114 valence electrons. The monoisotopic (exact) mass is 355 g/mol. The van der Waals surface area contributed by atoms with Crippen molar-refractivity contribution in [2.24, 2.45) is 0 Å². The number of ether oxygens (including phenoxy) is 1. The number of fused-ring (bicyclic) bond motifs is 3. The number of pyridine rings is 1. The fourth-order valence-corrected chi connectivity index (χ4v) is 4.94. The van der Waals surface area contributed by atoms with E-state index in [4.69, 9.17) is 16.3 Å². The highest BCUT2D eigenvalue weighted by atomic mass is 35.5. The molecule has 0 aliphatic rings. The Morgan fingerprint density at radius 3 is 2.73 bits per heavy atom. The SMILES string of the molecule is COC(=O)c1cccc2c1nc(Cl)c1scc(S(C)(=O)=O)c12. The van der Waals surface area contributed by atoms with Crippen molar-refractivity contribution in [3.63, 3.8) is 0 Å². The molecule has 22 heavy (non-hydrogen) atoms. The number of benzene rings is 1. The first-order chi connectivity index (χ1) is 10.3. The highest BCUT2D eigenvalue weighted by Gasteiger charge is 2.21. The smallest absolute Gasteiger partial charge is 0.340 e. The Bertz CT molecular complexity index is 1020. The number of sulfone groups is 1. The second kappa shape index (κ2) is 5.19. The zero-order chi connectivity index (χ0) is 16.1. The minimum Gasteiger partial charge on any atom is -0.465 e. The standard InChI is InChI=1S/C14H10ClNO4S2/c1-20-14(17)8-5-3-4-7-10-9(22(2,18)19)6-21-12(10)13(15)16-11(7)8/h3-6H,1-2H3. The largest absolute Gasteiger partial charge is 0.465 e. The van der Waals surface area contributed by atoms with E-state index >= 15 is 0 Å². The van der Waals surface area contributed by atoms with Gasteiger partial charge in [0, 0.05) is 22.4 Å². The Labute approximate surface area is 135 Å². The van der Waals surface area contributed by atoms with Gasteiger partial charge in [0.2, 0.25) is 0 Å². The molecule has 1 aromatic carbocycles. The third kappa shape index (κ3) is 2.25. The third-order valence-corrected chi connectivity index (χ3v) is 5.91. The first-order valence-electron chi connectivity index (χ1n) is 6.12. The Morgan fingerprint density at radius 1 is 1.36 bits per heavy atom. The number of methoxy groups -OCH3 is 1. The van der Waals surface area contributed by atoms with E-state index in [9.17, 15) is 13.2 Å². The average Bonchev–Trinajstić information content (AvgIpc) is 2.92. The Hall–Kier alpha value is -1.70. The molecular weight excluding hydrogens is 346 g/mol. The number of hydrogen-bond acceptors (Lipinski definition) is 6. The van der Waals surface area contributed by atoms with E-state index < -0.39 is 15.8 Å². The summed E-state index contributed by atoms with van der Waals surface area (Å²) >= 11 is 7.38. The summed E-state index contributed by atoms with van der Waals surface area (Å²) in [5.41, 5.74) is 0.574. The summed E-state index contributed by atoms with van der Waals surface area (Å²) in [5.74, 6) is -0.551. The molecule has 0 aliphatic carbocycles. The van der Waals surface area contributed by atoms with Crippen LogP contribution in [0.15, 0.2) is 28.5 Å². The van der Waals surface area contributed by atoms with E-state index in [2.05, 4.69) is 4.98 Å². The number of para-hydroxylation sites is 1. The fourth-order valence-electron chi connectivity index (χ4n) is 2.31. The first-order valence-corrected chi connectivity index (χ1v) is 9.27. The number of aromatic nitrogens is 1. The van der Waals surface area contributed by atoms with Gasteiger partial charge in [-0.05, 0) is 6.07 Å². The lowest BCUT2D eigenvalue weighted by atomic mass is 10.1. The summed E-state index contributed by atoms with van der Waals surface area (Å²) in [7, 11) is -2.15. The van der Waals surface area contributed by atoms with E-state index in [0.29, 0.717) is 21.0 Å². The number of halogens is 1. The van der Waals surface area contributed by atoms with Crippen LogP contribution in [-0.4, -0.2) is 32.7 Å². The number of hydrogen-bond donors (Lipinski definition) is 0. The molecular formula is C14H10ClNO4S2. The molecule has 2 aromatic heterocycles. The highest BCUT2D eigenvalue weighted by molar-refractivity contribution is 7.91. The summed E-state index contributed by atoms with van der Waals surface area (Å²) in [6.45, 7) is 0. The molecule has 8 heteroatoms. The number of rotatable bonds is 2. The van der Waals surface area contributed by atoms with Crippen LogP contribution in [0, 0.1) is 0 Å². The van der Waals surface area contributed by atoms with Gasteiger partial charge in [-0.3, -0.25) is 0 Å². The van der Waals surface area contributed by atoms with Gasteiger partial charge in [0.25, 0.3) is 0 Å². The van der Waals surface area contributed by atoms with Crippen molar-refractivity contribution in [2.45, 2.75) is 4.90 Å². The van der Waals surface area contributed by atoms with E-state index in [-0.39, 0.29) is 15.6 Å². The summed E-state index contributed by atoms with van der Waals surface area (Å²) in [6.07, 6.45) is 1.14. The summed E-state index contributed by atoms with van der Waals surface area (Å²) in [5, 5.41) is 2.76. The molecule has 0 bridgehead atoms. The molecule has 0 aliphatic heterocycles. The van der Waals surface area contributed by atoms with Gasteiger partial charge >= 0.3 is 5.97 Å². The van der Waals surface area contributed by atoms with Crippen LogP contribution >= 0.6 is 22.9 Å². The van der Waals surface area contributed by atoms with Gasteiger partial charge in [-0.1, -0.05) is 23.7 Å². The van der Waals surface area contributed by atoms with Crippen molar-refractivity contribution in [3.05, 3.63) is 34.3 Å². The van der Waals surface area contributed by atoms with Crippen LogP contribution in [-0.2, 0) is 14.6 Å². The minimum absolute atomic E-state index is 0.166. The van der Waals surface area contributed by atoms with Gasteiger partial charge in [0.1, 0.15) is 5.15 Å². The van der Waals surface area contributed by atoms with Crippen molar-refractivity contribution in [2.75, 3.05) is 13.4 Å². The van der Waals surface area contributed by atoms with Crippen molar-refractivity contribution >= 4 is 59.7 Å². The Balaban J connectivity index is 2.56. The zero-order valence-corrected chi connectivity index (χ0v) is 14.0. The summed E-state index contributed by atoms with van der Waals surface area (Å²) in [4.78, 5) is 16.3. The van der Waals surface area contributed by atoms with Crippen LogP contribution in [0.1, 0.15) is 10.4 Å². The van der Waals surface area contributed by atoms with Crippen LogP contribution in [0.5, 0.6) is 0 Å². The second-order valence-electron chi connectivity index (χ2n) is 4.67. The predicted octanol–water partition coefficient (Wildman–Crippen LogP) is 3.29. The maximum absolute atomic E-state index is 12.0. The molecule has 0 spiro atoms. The van der Waals surface area contributed by atoms with E-state index in [1.807, 2.05) is 0 Å². The van der Waals surface area contributed by atoms with E-state index in [1.165, 1.54) is 23.8 Å². The average molecular weight is 356 g/mol. The molecule has 0 atom stereocenters. The number of esters is 1. The highest BCUT2D eigenvalue weighted by Crippen LogP contribution is 2.39. The molecule has 2 heterocycles. The lowest BCUT2D eigenvalue weighted by Gasteiger charge is -2.07. The van der Waals surface area contributed by atoms with Gasteiger partial charge in [0.15, 0.2) is 9.84 Å². The number of nitrogens with zero attached hydrogens (tertiary/aromatic N) is 1. The van der Waals surface area contributed by atoms with Crippen molar-refractivity contribution in [3.8, 4) is 0 Å². The predicted molar refractivity (Wildman–Crippen MR) is 86.6 cm³/mol. The molecule has 3 rings (SSSR count). The number of carbonyl (C=O) groups is 1. The molecule has 0 saturated heterocycles. The van der Waals surface area contributed by atoms with Gasteiger partial charge in [0.05, 0.1) is 27.8 Å². The third-order valence-electron chi connectivity index (χ3n) is 3.26. The van der Waals surface area contributed by atoms with E-state index in [0.717, 1.165) is 6.26 Å². The first kappa shape index (κ1) is 15.2. The fraction of sp³-hybridized carbons (Fsp3) is 0.143. The van der Waals surface area contributed by atoms with Gasteiger partial charge in [-0.15, -0.1) is 11.3 Å². The normalized spacial score (nSPS) is 12.0. The van der Waals surface area contributed by atoms with Crippen LogP contribution < -0.4 is 0 Å². The quantitative estimate of drug-likeness (QED) is 0.521. The van der Waals surface area contributed by atoms with Crippen LogP contribution in [0.25, 0.3) is 21.0 Å². The Kier molecular flexibility index (Phi) is 3.58.